The quantitative estimate of drug-likeness (QED) is 0.520. The lowest BCUT2D eigenvalue weighted by Gasteiger charge is -2.12. The van der Waals surface area contributed by atoms with E-state index in [0.717, 1.165) is 23.8 Å². The second kappa shape index (κ2) is 11.2. The average molecular weight is 370 g/mol. The van der Waals surface area contributed by atoms with Crippen LogP contribution in [-0.2, 0) is 24.4 Å². The van der Waals surface area contributed by atoms with Gasteiger partial charge in [-0.1, -0.05) is 36.4 Å². The topological polar surface area (TPSA) is 54.9 Å². The Morgan fingerprint density at radius 3 is 2.48 bits per heavy atom. The van der Waals surface area contributed by atoms with Crippen molar-refractivity contribution in [1.82, 2.24) is 10.6 Å². The van der Waals surface area contributed by atoms with Crippen LogP contribution in [0.3, 0.4) is 0 Å². The van der Waals surface area contributed by atoms with Gasteiger partial charge < -0.3 is 20.1 Å². The summed E-state index contributed by atoms with van der Waals surface area (Å²) in [6.45, 7) is 8.89. The molecule has 2 aromatic carbocycles. The van der Waals surface area contributed by atoms with Gasteiger partial charge in [0.2, 0.25) is 0 Å². The second-order valence-electron chi connectivity index (χ2n) is 6.58. The van der Waals surface area contributed by atoms with Gasteiger partial charge in [0.05, 0.1) is 26.4 Å². The van der Waals surface area contributed by atoms with Crippen LogP contribution in [0.25, 0.3) is 0 Å². The fourth-order valence-electron chi connectivity index (χ4n) is 2.56. The Morgan fingerprint density at radius 1 is 1.00 bits per heavy atom. The first-order chi connectivity index (χ1) is 13.1. The van der Waals surface area contributed by atoms with Crippen LogP contribution >= 0.6 is 0 Å². The summed E-state index contributed by atoms with van der Waals surface area (Å²) in [5, 5.41) is 6.66. The van der Waals surface area contributed by atoms with E-state index in [1.807, 2.05) is 32.0 Å². The van der Waals surface area contributed by atoms with Gasteiger partial charge in [-0.3, -0.25) is 0 Å². The highest BCUT2D eigenvalue weighted by atomic mass is 16.5. The molecule has 5 heteroatoms. The first kappa shape index (κ1) is 20.8. The normalized spacial score (nSPS) is 11.5. The highest BCUT2D eigenvalue weighted by Crippen LogP contribution is 2.12. The lowest BCUT2D eigenvalue weighted by Crippen LogP contribution is -2.36. The molecule has 0 aliphatic carbocycles. The largest absolute Gasteiger partial charge is 0.497 e. The summed E-state index contributed by atoms with van der Waals surface area (Å²) in [6, 6.07) is 16.4. The molecule has 2 N–H and O–H groups in total. The number of nitrogens with zero attached hydrogens (tertiary/aromatic N) is 1. The van der Waals surface area contributed by atoms with Crippen LogP contribution in [0.5, 0.6) is 5.75 Å². The molecule has 0 aliphatic heterocycles. The van der Waals surface area contributed by atoms with Crippen molar-refractivity contribution in [3.63, 3.8) is 0 Å². The van der Waals surface area contributed by atoms with Crippen molar-refractivity contribution < 1.29 is 9.47 Å². The van der Waals surface area contributed by atoms with E-state index in [2.05, 4.69) is 47.9 Å². The molecule has 0 unspecified atom stereocenters. The van der Waals surface area contributed by atoms with Crippen molar-refractivity contribution in [2.45, 2.75) is 46.6 Å². The van der Waals surface area contributed by atoms with E-state index < -0.39 is 0 Å². The standard InChI is InChI=1S/C22H31N3O2/c1-5-23-22(25-15-19-9-7-11-21(13-19)26-4)24-14-18-8-6-10-20(12-18)16-27-17(2)3/h6-13,17H,5,14-16H2,1-4H3,(H2,23,24,25). The molecule has 0 fully saturated rings. The van der Waals surface area contributed by atoms with Crippen LogP contribution in [-0.4, -0.2) is 25.7 Å². The number of hydrogen-bond donors (Lipinski definition) is 2. The molecule has 146 valence electrons. The minimum Gasteiger partial charge on any atom is -0.497 e. The van der Waals surface area contributed by atoms with Gasteiger partial charge >= 0.3 is 0 Å². The van der Waals surface area contributed by atoms with Crippen molar-refractivity contribution in [3.8, 4) is 5.75 Å². The third-order valence-corrected chi connectivity index (χ3v) is 3.93. The smallest absolute Gasteiger partial charge is 0.191 e. The molecule has 2 aromatic rings. The van der Waals surface area contributed by atoms with Crippen LogP contribution in [0.2, 0.25) is 0 Å². The third kappa shape index (κ3) is 7.71. The Bertz CT molecular complexity index is 729. The molecule has 0 saturated heterocycles. The van der Waals surface area contributed by atoms with Crippen LogP contribution in [0.15, 0.2) is 53.5 Å². The van der Waals surface area contributed by atoms with E-state index in [4.69, 9.17) is 14.5 Å². The number of rotatable bonds is 9. The molecule has 0 heterocycles. The monoisotopic (exact) mass is 369 g/mol. The van der Waals surface area contributed by atoms with Crippen molar-refractivity contribution >= 4 is 5.96 Å². The predicted octanol–water partition coefficient (Wildman–Crippen LogP) is 3.88. The molecule has 0 aromatic heterocycles. The number of benzene rings is 2. The lowest BCUT2D eigenvalue weighted by molar-refractivity contribution is 0.0657. The number of nitrogens with one attached hydrogen (secondary N) is 2. The van der Waals surface area contributed by atoms with Crippen molar-refractivity contribution in [2.24, 2.45) is 4.99 Å². The number of ether oxygens (including phenoxy) is 2. The maximum Gasteiger partial charge on any atom is 0.191 e. The van der Waals surface area contributed by atoms with Gasteiger partial charge in [-0.15, -0.1) is 0 Å². The summed E-state index contributed by atoms with van der Waals surface area (Å²) >= 11 is 0. The highest BCUT2D eigenvalue weighted by molar-refractivity contribution is 5.79. The fraction of sp³-hybridized carbons (Fsp3) is 0.409. The zero-order valence-corrected chi connectivity index (χ0v) is 16.8. The van der Waals surface area contributed by atoms with Crippen LogP contribution in [0.1, 0.15) is 37.5 Å². The molecule has 27 heavy (non-hydrogen) atoms. The molecule has 0 spiro atoms. The molecule has 5 nitrogen and oxygen atoms in total. The van der Waals surface area contributed by atoms with Gasteiger partial charge in [0.15, 0.2) is 5.96 Å². The van der Waals surface area contributed by atoms with E-state index in [1.165, 1.54) is 11.1 Å². The van der Waals surface area contributed by atoms with Crippen LogP contribution in [0.4, 0.5) is 0 Å². The number of hydrogen-bond acceptors (Lipinski definition) is 3. The minimum absolute atomic E-state index is 0.229. The van der Waals surface area contributed by atoms with E-state index >= 15 is 0 Å². The summed E-state index contributed by atoms with van der Waals surface area (Å²) in [5.41, 5.74) is 3.48. The van der Waals surface area contributed by atoms with Gasteiger partial charge in [0.1, 0.15) is 5.75 Å². The van der Waals surface area contributed by atoms with Crippen LogP contribution in [0, 0.1) is 0 Å². The van der Waals surface area contributed by atoms with Crippen molar-refractivity contribution in [3.05, 3.63) is 65.2 Å². The van der Waals surface area contributed by atoms with E-state index in [-0.39, 0.29) is 6.10 Å². The number of methoxy groups -OCH3 is 1. The molecular formula is C22H31N3O2. The summed E-state index contributed by atoms with van der Waals surface area (Å²) in [5.74, 6) is 1.65. The Hall–Kier alpha value is -2.53. The average Bonchev–Trinajstić information content (AvgIpc) is 2.69. The van der Waals surface area contributed by atoms with E-state index in [0.29, 0.717) is 19.7 Å². The molecule has 0 bridgehead atoms. The van der Waals surface area contributed by atoms with Gasteiger partial charge in [0.25, 0.3) is 0 Å². The maximum absolute atomic E-state index is 5.68. The Kier molecular flexibility index (Phi) is 8.65. The molecule has 0 amide bonds. The lowest BCUT2D eigenvalue weighted by atomic mass is 10.1. The third-order valence-electron chi connectivity index (χ3n) is 3.93. The second-order valence-corrected chi connectivity index (χ2v) is 6.58. The van der Waals surface area contributed by atoms with Crippen molar-refractivity contribution in [1.29, 1.82) is 0 Å². The summed E-state index contributed by atoms with van der Waals surface area (Å²) in [4.78, 5) is 4.70. The minimum atomic E-state index is 0.229. The number of guanidine groups is 1. The molecule has 0 saturated carbocycles. The van der Waals surface area contributed by atoms with Crippen molar-refractivity contribution in [2.75, 3.05) is 13.7 Å². The first-order valence-corrected chi connectivity index (χ1v) is 9.45. The predicted molar refractivity (Wildman–Crippen MR) is 111 cm³/mol. The zero-order valence-electron chi connectivity index (χ0n) is 16.8. The SMILES string of the molecule is CCNC(=NCc1cccc(COC(C)C)c1)NCc1cccc(OC)c1. The maximum atomic E-state index is 5.68. The first-order valence-electron chi connectivity index (χ1n) is 9.45. The molecule has 0 radical (unpaired) electrons. The summed E-state index contributed by atoms with van der Waals surface area (Å²) < 4.78 is 11.0. The Balaban J connectivity index is 1.97. The highest BCUT2D eigenvalue weighted by Gasteiger charge is 2.02. The van der Waals surface area contributed by atoms with Gasteiger partial charge in [-0.2, -0.15) is 0 Å². The Morgan fingerprint density at radius 2 is 1.74 bits per heavy atom. The molecule has 0 aliphatic rings. The van der Waals surface area contributed by atoms with E-state index in [9.17, 15) is 0 Å². The van der Waals surface area contributed by atoms with E-state index in [1.54, 1.807) is 7.11 Å². The molecule has 0 atom stereocenters. The fourth-order valence-corrected chi connectivity index (χ4v) is 2.56. The van der Waals surface area contributed by atoms with Crippen LogP contribution < -0.4 is 15.4 Å². The van der Waals surface area contributed by atoms with Gasteiger partial charge in [-0.05, 0) is 49.6 Å². The molecule has 2 rings (SSSR count). The Labute approximate surface area is 162 Å². The summed E-state index contributed by atoms with van der Waals surface area (Å²) in [6.07, 6.45) is 0.229. The van der Waals surface area contributed by atoms with Gasteiger partial charge in [-0.25, -0.2) is 4.99 Å². The van der Waals surface area contributed by atoms with Gasteiger partial charge in [0, 0.05) is 13.1 Å². The summed E-state index contributed by atoms with van der Waals surface area (Å²) in [7, 11) is 1.68. The number of aliphatic imine (C=N–C) groups is 1. The zero-order chi connectivity index (χ0) is 19.5. The molecular weight excluding hydrogens is 338 g/mol.